The van der Waals surface area contributed by atoms with E-state index in [1.807, 2.05) is 48.5 Å². The first-order chi connectivity index (χ1) is 15.5. The molecule has 32 heavy (non-hydrogen) atoms. The van der Waals surface area contributed by atoms with Gasteiger partial charge in [-0.3, -0.25) is 0 Å². The van der Waals surface area contributed by atoms with E-state index in [4.69, 9.17) is 25.9 Å². The second-order valence-corrected chi connectivity index (χ2v) is 7.37. The molecule has 1 aliphatic heterocycles. The number of hydrogen-bond acceptors (Lipinski definition) is 6. The molecule has 0 saturated heterocycles. The third kappa shape index (κ3) is 4.87. The number of rotatable bonds is 6. The number of benzene rings is 3. The van der Waals surface area contributed by atoms with Gasteiger partial charge in [0.05, 0.1) is 18.2 Å². The van der Waals surface area contributed by atoms with Crippen LogP contribution >= 0.6 is 11.6 Å². The number of hydrogen-bond donors (Lipinski definition) is 0. The summed E-state index contributed by atoms with van der Waals surface area (Å²) in [4.78, 5) is 28.7. The second kappa shape index (κ2) is 9.49. The molecule has 0 radical (unpaired) electrons. The zero-order chi connectivity index (χ0) is 22.5. The molecule has 6 nitrogen and oxygen atoms in total. The number of esters is 1. The van der Waals surface area contributed by atoms with Gasteiger partial charge in [-0.1, -0.05) is 53.2 Å². The summed E-state index contributed by atoms with van der Waals surface area (Å²) < 4.78 is 10.5. The lowest BCUT2D eigenvalue weighted by Gasteiger charge is -2.07. The van der Waals surface area contributed by atoms with E-state index in [1.54, 1.807) is 30.3 Å². The number of ether oxygens (including phenoxy) is 2. The normalized spacial score (nSPS) is 14.1. The van der Waals surface area contributed by atoms with Gasteiger partial charge in [-0.25, -0.2) is 9.59 Å². The molecule has 0 aromatic heterocycles. The number of oxime groups is 1. The molecule has 3 aromatic rings. The van der Waals surface area contributed by atoms with Crippen molar-refractivity contribution in [1.29, 1.82) is 0 Å². The van der Waals surface area contributed by atoms with Crippen LogP contribution in [0.1, 0.15) is 27.0 Å². The van der Waals surface area contributed by atoms with Crippen LogP contribution in [-0.2, 0) is 21.0 Å². The number of nitrogens with zero attached hydrogens (tertiary/aromatic N) is 1. The van der Waals surface area contributed by atoms with Crippen molar-refractivity contribution in [2.45, 2.75) is 6.61 Å². The Bertz CT molecular complexity index is 1200. The van der Waals surface area contributed by atoms with Crippen molar-refractivity contribution in [1.82, 2.24) is 0 Å². The van der Waals surface area contributed by atoms with E-state index in [2.05, 4.69) is 5.16 Å². The average Bonchev–Trinajstić information content (AvgIpc) is 3.19. The minimum Gasteiger partial charge on any atom is -0.489 e. The maximum Gasteiger partial charge on any atom is 0.368 e. The smallest absolute Gasteiger partial charge is 0.368 e. The Labute approximate surface area is 189 Å². The van der Waals surface area contributed by atoms with Crippen molar-refractivity contribution in [3.63, 3.8) is 0 Å². The summed E-state index contributed by atoms with van der Waals surface area (Å²) in [7, 11) is 1.32. The zero-order valence-electron chi connectivity index (χ0n) is 17.1. The molecule has 7 heteroatoms. The molecule has 3 aromatic carbocycles. The van der Waals surface area contributed by atoms with Gasteiger partial charge in [0.1, 0.15) is 18.1 Å². The van der Waals surface area contributed by atoms with Gasteiger partial charge in [0.2, 0.25) is 0 Å². The molecule has 160 valence electrons. The highest BCUT2D eigenvalue weighted by atomic mass is 35.5. The van der Waals surface area contributed by atoms with Crippen molar-refractivity contribution in [2.24, 2.45) is 5.16 Å². The summed E-state index contributed by atoms with van der Waals surface area (Å²) in [5.41, 5.74) is 3.57. The second-order valence-electron chi connectivity index (χ2n) is 6.93. The Kier molecular flexibility index (Phi) is 6.33. The van der Waals surface area contributed by atoms with Crippen LogP contribution in [0.5, 0.6) is 5.75 Å². The highest BCUT2D eigenvalue weighted by Crippen LogP contribution is 2.23. The van der Waals surface area contributed by atoms with Crippen molar-refractivity contribution in [3.8, 4) is 5.75 Å². The van der Waals surface area contributed by atoms with Gasteiger partial charge in [0.15, 0.2) is 0 Å². The number of methoxy groups -OCH3 is 1. The molecule has 0 fully saturated rings. The molecule has 0 bridgehead atoms. The van der Waals surface area contributed by atoms with Crippen LogP contribution in [0.2, 0.25) is 5.02 Å². The van der Waals surface area contributed by atoms with Crippen molar-refractivity contribution < 1.29 is 23.9 Å². The van der Waals surface area contributed by atoms with Crippen molar-refractivity contribution >= 4 is 35.3 Å². The highest BCUT2D eigenvalue weighted by molar-refractivity contribution is 6.31. The zero-order valence-corrected chi connectivity index (χ0v) is 17.8. The Balaban J connectivity index is 1.48. The first-order valence-corrected chi connectivity index (χ1v) is 10.1. The van der Waals surface area contributed by atoms with E-state index in [0.717, 1.165) is 11.1 Å². The van der Waals surface area contributed by atoms with Gasteiger partial charge in [-0.2, -0.15) is 0 Å². The average molecular weight is 448 g/mol. The van der Waals surface area contributed by atoms with Gasteiger partial charge in [-0.05, 0) is 53.6 Å². The van der Waals surface area contributed by atoms with Gasteiger partial charge in [-0.15, -0.1) is 0 Å². The fourth-order valence-corrected chi connectivity index (χ4v) is 3.20. The summed E-state index contributed by atoms with van der Waals surface area (Å²) >= 11 is 5.90. The molecule has 0 amide bonds. The van der Waals surface area contributed by atoms with E-state index in [-0.39, 0.29) is 0 Å². The topological polar surface area (TPSA) is 74.2 Å². The number of carbonyl (C=O) groups is 2. The molecule has 0 N–H and O–H groups in total. The van der Waals surface area contributed by atoms with Crippen LogP contribution in [0, 0.1) is 0 Å². The van der Waals surface area contributed by atoms with Crippen LogP contribution in [-0.4, -0.2) is 24.8 Å². The third-order valence-corrected chi connectivity index (χ3v) is 5.04. The Morgan fingerprint density at radius 3 is 2.34 bits per heavy atom. The summed E-state index contributed by atoms with van der Waals surface area (Å²) in [5, 5.41) is 4.57. The Morgan fingerprint density at radius 2 is 1.69 bits per heavy atom. The molecule has 0 atom stereocenters. The van der Waals surface area contributed by atoms with Crippen LogP contribution in [0.25, 0.3) is 6.08 Å². The highest BCUT2D eigenvalue weighted by Gasteiger charge is 2.27. The van der Waals surface area contributed by atoms with E-state index in [9.17, 15) is 9.59 Å². The summed E-state index contributed by atoms with van der Waals surface area (Å²) in [6.45, 7) is 0.419. The summed E-state index contributed by atoms with van der Waals surface area (Å²) in [6.07, 6.45) is 1.70. The first kappa shape index (κ1) is 21.3. The maximum atomic E-state index is 12.2. The molecular weight excluding hydrogens is 430 g/mol. The standard InChI is InChI=1S/C25H18ClNO5/c1-30-24(28)19-8-6-18(7-9-19)23-22(25(29)32-27-23)14-16-4-12-21(13-5-16)31-15-17-2-10-20(26)11-3-17/h2-14H,15H2,1H3/b22-14-. The van der Waals surface area contributed by atoms with Crippen LogP contribution < -0.4 is 4.74 Å². The summed E-state index contributed by atoms with van der Waals surface area (Å²) in [5.74, 6) is -0.283. The van der Waals surface area contributed by atoms with Crippen molar-refractivity contribution in [2.75, 3.05) is 7.11 Å². The van der Waals surface area contributed by atoms with Crippen LogP contribution in [0.3, 0.4) is 0 Å². The monoisotopic (exact) mass is 447 g/mol. The predicted molar refractivity (Wildman–Crippen MR) is 121 cm³/mol. The Hall–Kier alpha value is -3.90. The molecule has 0 saturated carbocycles. The summed E-state index contributed by atoms with van der Waals surface area (Å²) in [6, 6.07) is 21.4. The SMILES string of the molecule is COC(=O)c1ccc(C2=NOC(=O)/C2=C\c2ccc(OCc3ccc(Cl)cc3)cc2)cc1. The molecule has 0 aliphatic carbocycles. The lowest BCUT2D eigenvalue weighted by Crippen LogP contribution is -2.08. The molecule has 1 heterocycles. The maximum absolute atomic E-state index is 12.2. The largest absolute Gasteiger partial charge is 0.489 e. The van der Waals surface area contributed by atoms with Crippen LogP contribution in [0.4, 0.5) is 0 Å². The third-order valence-electron chi connectivity index (χ3n) is 4.78. The van der Waals surface area contributed by atoms with Gasteiger partial charge in [0, 0.05) is 10.6 Å². The van der Waals surface area contributed by atoms with E-state index in [0.29, 0.717) is 39.8 Å². The predicted octanol–water partition coefficient (Wildman–Crippen LogP) is 5.05. The van der Waals surface area contributed by atoms with Gasteiger partial charge in [0.25, 0.3) is 0 Å². The van der Waals surface area contributed by atoms with E-state index >= 15 is 0 Å². The molecular formula is C25H18ClNO5. The lowest BCUT2D eigenvalue weighted by molar-refractivity contribution is -0.136. The quantitative estimate of drug-likeness (QED) is 0.300. The molecule has 1 aliphatic rings. The fourth-order valence-electron chi connectivity index (χ4n) is 3.07. The number of halogens is 1. The minimum absolute atomic E-state index is 0.325. The Morgan fingerprint density at radius 1 is 1.00 bits per heavy atom. The van der Waals surface area contributed by atoms with E-state index in [1.165, 1.54) is 7.11 Å². The molecule has 0 spiro atoms. The lowest BCUT2D eigenvalue weighted by atomic mass is 9.99. The fraction of sp³-hybridized carbons (Fsp3) is 0.0800. The van der Waals surface area contributed by atoms with E-state index < -0.39 is 11.9 Å². The molecule has 4 rings (SSSR count). The van der Waals surface area contributed by atoms with Crippen LogP contribution in [0.15, 0.2) is 83.5 Å². The molecule has 0 unspecified atom stereocenters. The number of carbonyl (C=O) groups excluding carboxylic acids is 2. The van der Waals surface area contributed by atoms with Gasteiger partial charge < -0.3 is 14.3 Å². The van der Waals surface area contributed by atoms with Crippen molar-refractivity contribution in [3.05, 3.63) is 106 Å². The van der Waals surface area contributed by atoms with Gasteiger partial charge >= 0.3 is 11.9 Å². The minimum atomic E-state index is -0.542. The first-order valence-electron chi connectivity index (χ1n) is 9.71.